The molecule has 1 spiro atoms. The zero-order valence-corrected chi connectivity index (χ0v) is 10.3. The second-order valence-electron chi connectivity index (χ2n) is 4.16. The van der Waals surface area contributed by atoms with E-state index in [2.05, 4.69) is 53.1 Å². The van der Waals surface area contributed by atoms with Crippen LogP contribution in [0.3, 0.4) is 0 Å². The topological polar surface area (TPSA) is 12.0 Å². The van der Waals surface area contributed by atoms with Gasteiger partial charge in [0.2, 0.25) is 0 Å². The monoisotopic (exact) mass is 237 g/mol. The van der Waals surface area contributed by atoms with Gasteiger partial charge in [0.1, 0.15) is 0 Å². The molecule has 0 aromatic heterocycles. The Hall–Kier alpha value is -0.120. The van der Waals surface area contributed by atoms with Gasteiger partial charge in [-0.1, -0.05) is 18.2 Å². The first-order chi connectivity index (χ1) is 7.38. The third-order valence-corrected chi connectivity index (χ3v) is 6.52. The van der Waals surface area contributed by atoms with Crippen molar-refractivity contribution in [2.75, 3.05) is 13.1 Å². The van der Waals surface area contributed by atoms with Crippen molar-refractivity contribution in [2.45, 2.75) is 27.6 Å². The van der Waals surface area contributed by atoms with Crippen molar-refractivity contribution in [3.8, 4) is 0 Å². The Morgan fingerprint density at radius 1 is 1.13 bits per heavy atom. The molecule has 0 radical (unpaired) electrons. The largest absolute Gasteiger partial charge is 0.317 e. The lowest BCUT2D eigenvalue weighted by Crippen LogP contribution is -2.38. The highest BCUT2D eigenvalue weighted by Gasteiger charge is 2.36. The molecular formula is C12H15NS2. The molecule has 1 nitrogen and oxygen atoms in total. The summed E-state index contributed by atoms with van der Waals surface area (Å²) in [4.78, 5) is 1.51. The van der Waals surface area contributed by atoms with Crippen molar-refractivity contribution in [1.29, 1.82) is 0 Å². The quantitative estimate of drug-likeness (QED) is 0.744. The first-order valence-electron chi connectivity index (χ1n) is 5.50. The molecule has 1 aromatic rings. The van der Waals surface area contributed by atoms with Crippen LogP contribution in [-0.4, -0.2) is 17.2 Å². The van der Waals surface area contributed by atoms with Gasteiger partial charge in [-0.3, -0.25) is 0 Å². The summed E-state index contributed by atoms with van der Waals surface area (Å²) >= 11 is 4.26. The van der Waals surface area contributed by atoms with Gasteiger partial charge in [-0.2, -0.15) is 0 Å². The second kappa shape index (κ2) is 4.04. The first kappa shape index (κ1) is 10.1. The molecule has 0 aliphatic carbocycles. The highest BCUT2D eigenvalue weighted by Crippen LogP contribution is 2.53. The van der Waals surface area contributed by atoms with Crippen LogP contribution >= 0.6 is 23.5 Å². The summed E-state index contributed by atoms with van der Waals surface area (Å²) in [5, 5.41) is 3.45. The highest BCUT2D eigenvalue weighted by atomic mass is 32.2. The molecule has 0 saturated carbocycles. The van der Waals surface area contributed by atoms with Gasteiger partial charge < -0.3 is 5.32 Å². The van der Waals surface area contributed by atoms with Crippen LogP contribution in [0.5, 0.6) is 0 Å². The first-order valence-corrected chi connectivity index (χ1v) is 7.30. The average Bonchev–Trinajstić information content (AvgIpc) is 2.30. The molecule has 1 fully saturated rings. The van der Waals surface area contributed by atoms with E-state index in [0.29, 0.717) is 4.08 Å². The number of rotatable bonds is 0. The summed E-state index contributed by atoms with van der Waals surface area (Å²) in [5.74, 6) is 1.20. The lowest BCUT2D eigenvalue weighted by Gasteiger charge is -2.39. The lowest BCUT2D eigenvalue weighted by atomic mass is 10.1. The van der Waals surface area contributed by atoms with Crippen LogP contribution in [0.2, 0.25) is 0 Å². The van der Waals surface area contributed by atoms with Gasteiger partial charge in [0, 0.05) is 10.6 Å². The molecule has 2 aliphatic heterocycles. The average molecular weight is 237 g/mol. The molecule has 2 heterocycles. The lowest BCUT2D eigenvalue weighted by molar-refractivity contribution is 0.505. The van der Waals surface area contributed by atoms with Crippen LogP contribution in [0.1, 0.15) is 18.4 Å². The van der Waals surface area contributed by atoms with Gasteiger partial charge in [-0.15, -0.1) is 23.5 Å². The Labute approximate surface area is 99.4 Å². The van der Waals surface area contributed by atoms with E-state index in [1.807, 2.05) is 0 Å². The number of benzene rings is 1. The molecule has 80 valence electrons. The smallest absolute Gasteiger partial charge is 0.0685 e. The van der Waals surface area contributed by atoms with E-state index in [1.165, 1.54) is 42.1 Å². The van der Waals surface area contributed by atoms with Crippen molar-refractivity contribution >= 4 is 23.5 Å². The molecule has 2 aliphatic rings. The van der Waals surface area contributed by atoms with Gasteiger partial charge in [-0.25, -0.2) is 0 Å². The van der Waals surface area contributed by atoms with Crippen LogP contribution in [0.25, 0.3) is 0 Å². The standard InChI is InChI=1S/C12H15NS2/c1-2-4-11-10(3-1)9-14-12(15-11)5-7-13-8-6-12/h1-4,13H,5-9H2. The summed E-state index contributed by atoms with van der Waals surface area (Å²) in [6, 6.07) is 8.86. The molecule has 0 amide bonds. The van der Waals surface area contributed by atoms with Crippen LogP contribution < -0.4 is 5.32 Å². The maximum atomic E-state index is 3.45. The van der Waals surface area contributed by atoms with Crippen LogP contribution in [0, 0.1) is 0 Å². The maximum Gasteiger partial charge on any atom is 0.0685 e. The third kappa shape index (κ3) is 1.93. The van der Waals surface area contributed by atoms with Gasteiger partial charge >= 0.3 is 0 Å². The summed E-state index contributed by atoms with van der Waals surface area (Å²) in [7, 11) is 0. The van der Waals surface area contributed by atoms with Crippen molar-refractivity contribution in [2.24, 2.45) is 0 Å². The minimum absolute atomic E-state index is 0.472. The summed E-state index contributed by atoms with van der Waals surface area (Å²) in [6.07, 6.45) is 2.60. The normalized spacial score (nSPS) is 23.7. The Morgan fingerprint density at radius 2 is 1.93 bits per heavy atom. The molecule has 0 bridgehead atoms. The van der Waals surface area contributed by atoms with E-state index in [-0.39, 0.29) is 0 Å². The van der Waals surface area contributed by atoms with Crippen molar-refractivity contribution in [3.63, 3.8) is 0 Å². The van der Waals surface area contributed by atoms with Crippen molar-refractivity contribution in [1.82, 2.24) is 5.32 Å². The molecule has 1 saturated heterocycles. The SMILES string of the molecule is c1ccc2c(c1)CSC1(CCNCC1)S2. The summed E-state index contributed by atoms with van der Waals surface area (Å²) in [5.41, 5.74) is 1.52. The number of hydrogen-bond acceptors (Lipinski definition) is 3. The van der Waals surface area contributed by atoms with Gasteiger partial charge in [0.15, 0.2) is 0 Å². The van der Waals surface area contributed by atoms with E-state index in [4.69, 9.17) is 0 Å². The Bertz CT molecular complexity index is 358. The summed E-state index contributed by atoms with van der Waals surface area (Å²) < 4.78 is 0.472. The molecule has 1 N–H and O–H groups in total. The van der Waals surface area contributed by atoms with E-state index in [0.717, 1.165) is 0 Å². The second-order valence-corrected chi connectivity index (χ2v) is 7.20. The number of fused-ring (bicyclic) bond motifs is 1. The van der Waals surface area contributed by atoms with Gasteiger partial charge in [-0.05, 0) is 37.6 Å². The van der Waals surface area contributed by atoms with Crippen LogP contribution in [-0.2, 0) is 5.75 Å². The fourth-order valence-electron chi connectivity index (χ4n) is 2.22. The van der Waals surface area contributed by atoms with E-state index in [9.17, 15) is 0 Å². The number of hydrogen-bond donors (Lipinski definition) is 1. The van der Waals surface area contributed by atoms with E-state index < -0.39 is 0 Å². The number of thioether (sulfide) groups is 2. The Kier molecular flexibility index (Phi) is 2.71. The zero-order chi connectivity index (χ0) is 10.1. The molecule has 3 rings (SSSR count). The fourth-order valence-corrected chi connectivity index (χ4v) is 5.38. The predicted molar refractivity (Wildman–Crippen MR) is 68.4 cm³/mol. The molecule has 0 unspecified atom stereocenters. The Morgan fingerprint density at radius 3 is 2.80 bits per heavy atom. The van der Waals surface area contributed by atoms with Crippen molar-refractivity contribution < 1.29 is 0 Å². The predicted octanol–water partition coefficient (Wildman–Crippen LogP) is 3.11. The fraction of sp³-hybridized carbons (Fsp3) is 0.500. The van der Waals surface area contributed by atoms with Crippen LogP contribution in [0.15, 0.2) is 29.2 Å². The minimum atomic E-state index is 0.472. The van der Waals surface area contributed by atoms with Crippen molar-refractivity contribution in [3.05, 3.63) is 29.8 Å². The van der Waals surface area contributed by atoms with E-state index in [1.54, 1.807) is 0 Å². The molecule has 15 heavy (non-hydrogen) atoms. The van der Waals surface area contributed by atoms with E-state index >= 15 is 0 Å². The zero-order valence-electron chi connectivity index (χ0n) is 8.66. The molecular weight excluding hydrogens is 222 g/mol. The number of nitrogens with one attached hydrogen (secondary N) is 1. The molecule has 1 aromatic carbocycles. The van der Waals surface area contributed by atoms with Crippen LogP contribution in [0.4, 0.5) is 0 Å². The third-order valence-electron chi connectivity index (χ3n) is 3.12. The van der Waals surface area contributed by atoms with Gasteiger partial charge in [0.05, 0.1) is 4.08 Å². The highest BCUT2D eigenvalue weighted by molar-refractivity contribution is 8.18. The van der Waals surface area contributed by atoms with Gasteiger partial charge in [0.25, 0.3) is 0 Å². The summed E-state index contributed by atoms with van der Waals surface area (Å²) in [6.45, 7) is 2.37. The minimum Gasteiger partial charge on any atom is -0.317 e. The Balaban J connectivity index is 1.87. The molecule has 3 heteroatoms. The molecule has 0 atom stereocenters. The maximum absolute atomic E-state index is 3.45. The number of piperidine rings is 1.